The van der Waals surface area contributed by atoms with E-state index in [1.54, 1.807) is 0 Å². The van der Waals surface area contributed by atoms with Crippen LogP contribution in [0.2, 0.25) is 0 Å². The molecule has 0 aliphatic rings. The van der Waals surface area contributed by atoms with Gasteiger partial charge in [-0.05, 0) is 0 Å². The molecule has 0 amide bonds. The summed E-state index contributed by atoms with van der Waals surface area (Å²) in [7, 11) is 0. The number of hydrogen-bond donors (Lipinski definition) is 0. The molecule has 0 N–H and O–H groups in total. The Kier molecular flexibility index (Phi) is 22600. The Balaban J connectivity index is 0. The van der Waals surface area contributed by atoms with Crippen molar-refractivity contribution in [1.29, 1.82) is 0 Å². The molecule has 0 heterocycles. The average Bonchev–Trinajstić information content (AvgIpc) is 0. The monoisotopic (exact) mass is 414 g/mol. The van der Waals surface area contributed by atoms with Crippen LogP contribution in [-0.4, -0.2) is 34.7 Å². The van der Waals surface area contributed by atoms with Crippen LogP contribution in [0.5, 0.6) is 0 Å². The Bertz CT molecular complexity index is 24.1. The summed E-state index contributed by atoms with van der Waals surface area (Å²) in [4.78, 5) is 0. The smallest absolute Gasteiger partial charge is 2.00 e. The van der Waals surface area contributed by atoms with Crippen LogP contribution in [-0.2, 0) is 118 Å². The summed E-state index contributed by atoms with van der Waals surface area (Å²) in [6, 6.07) is 0. The van der Waals surface area contributed by atoms with Crippen molar-refractivity contribution in [1.82, 2.24) is 0 Å². The normalized spacial score (nSPS) is 0. The first kappa shape index (κ1) is 638. The van der Waals surface area contributed by atoms with Gasteiger partial charge in [-0.1, -0.05) is 0 Å². The summed E-state index contributed by atoms with van der Waals surface area (Å²) in [5.74, 6) is 0. The van der Waals surface area contributed by atoms with Crippen LogP contribution < -0.4 is 0 Å². The fraction of sp³-hybridized carbons (Fsp3) is 0. The SMILES string of the molecule is [Al+3].[Al+3].[Cr+3].[Cr+3].[Fe+3].[Fe+3].[O-2].[O-2].[O-2].[O-2].[O-2].[O-2].[O-2].[O-2].[O-2]. The van der Waals surface area contributed by atoms with Gasteiger partial charge in [0.05, 0.1) is 0 Å². The molecule has 0 aliphatic carbocycles. The van der Waals surface area contributed by atoms with Gasteiger partial charge in [0.25, 0.3) is 0 Å². The Morgan fingerprint density at radius 1 is 0.267 bits per heavy atom. The van der Waals surface area contributed by atoms with E-state index < -0.39 is 0 Å². The summed E-state index contributed by atoms with van der Waals surface area (Å²) >= 11 is 0. The molecule has 0 saturated heterocycles. The van der Waals surface area contributed by atoms with Gasteiger partial charge in [0.2, 0.25) is 0 Å². The second-order valence-electron chi connectivity index (χ2n) is 0. The molecule has 0 saturated carbocycles. The van der Waals surface area contributed by atoms with Crippen molar-refractivity contribution in [2.45, 2.75) is 0 Å². The Labute approximate surface area is 151 Å². The average molecular weight is 414 g/mol. The van der Waals surface area contributed by atoms with Gasteiger partial charge in [-0.15, -0.1) is 0 Å². The molecular weight excluding hydrogens is 414 g/mol. The van der Waals surface area contributed by atoms with Crippen molar-refractivity contribution < 1.29 is 118 Å². The third-order valence-corrected chi connectivity index (χ3v) is 0. The van der Waals surface area contributed by atoms with Gasteiger partial charge < -0.3 is 49.3 Å². The zero-order valence-electron chi connectivity index (χ0n) is 6.35. The Morgan fingerprint density at radius 3 is 0.267 bits per heavy atom. The van der Waals surface area contributed by atoms with Crippen LogP contribution in [0.15, 0.2) is 0 Å². The van der Waals surface area contributed by atoms with Crippen molar-refractivity contribution >= 4 is 34.7 Å². The molecule has 0 fully saturated rings. The van der Waals surface area contributed by atoms with Crippen LogP contribution in [0.1, 0.15) is 0 Å². The van der Waals surface area contributed by atoms with Crippen LogP contribution in [0, 0.1) is 0 Å². The first-order valence-electron chi connectivity index (χ1n) is 0. The van der Waals surface area contributed by atoms with Gasteiger partial charge >= 0.3 is 104 Å². The van der Waals surface area contributed by atoms with Gasteiger partial charge in [0.15, 0.2) is 0 Å². The second kappa shape index (κ2) is 532. The zero-order chi connectivity index (χ0) is 0. The van der Waals surface area contributed by atoms with E-state index in [1.165, 1.54) is 0 Å². The van der Waals surface area contributed by atoms with E-state index in [4.69, 9.17) is 0 Å². The zero-order valence-corrected chi connectivity index (χ0v) is 13.4. The number of rotatable bonds is 0. The van der Waals surface area contributed by atoms with Gasteiger partial charge in [0.1, 0.15) is 0 Å². The molecule has 15 heavy (non-hydrogen) atoms. The van der Waals surface area contributed by atoms with Gasteiger partial charge in [-0.3, -0.25) is 0 Å². The largest absolute Gasteiger partial charge is 3.00 e. The van der Waals surface area contributed by atoms with Crippen LogP contribution in [0.25, 0.3) is 0 Å². The summed E-state index contributed by atoms with van der Waals surface area (Å²) in [5, 5.41) is 0. The minimum absolute atomic E-state index is 0. The van der Waals surface area contributed by atoms with Crippen LogP contribution in [0.3, 0.4) is 0 Å². The molecule has 15 heteroatoms. The van der Waals surface area contributed by atoms with E-state index in [9.17, 15) is 0 Å². The summed E-state index contributed by atoms with van der Waals surface area (Å²) in [6.45, 7) is 0. The summed E-state index contributed by atoms with van der Waals surface area (Å²) in [6.07, 6.45) is 0. The van der Waals surface area contributed by atoms with E-state index in [0.29, 0.717) is 0 Å². The molecular formula is Al2Cr2Fe2O9. The third-order valence-electron chi connectivity index (χ3n) is 0. The molecule has 0 aromatic rings. The van der Waals surface area contributed by atoms with E-state index in [1.807, 2.05) is 0 Å². The van der Waals surface area contributed by atoms with Gasteiger partial charge in [-0.2, -0.15) is 0 Å². The maximum atomic E-state index is 0. The van der Waals surface area contributed by atoms with E-state index >= 15 is 0 Å². The van der Waals surface area contributed by atoms with E-state index in [-0.39, 0.29) is 153 Å². The summed E-state index contributed by atoms with van der Waals surface area (Å²) < 4.78 is 0. The van der Waals surface area contributed by atoms with E-state index in [0.717, 1.165) is 0 Å². The predicted octanol–water partition coefficient (Wildman–Crippen LogP) is -1.84. The van der Waals surface area contributed by atoms with Crippen molar-refractivity contribution in [3.63, 3.8) is 0 Å². The van der Waals surface area contributed by atoms with Crippen LogP contribution >= 0.6 is 0 Å². The molecule has 0 aliphatic heterocycles. The maximum Gasteiger partial charge on any atom is 3.00 e. The fourth-order valence-corrected chi connectivity index (χ4v) is 0. The van der Waals surface area contributed by atoms with Crippen molar-refractivity contribution in [2.24, 2.45) is 0 Å². The molecule has 0 bridgehead atoms. The first-order valence-corrected chi connectivity index (χ1v) is 0. The molecule has 0 rings (SSSR count). The second-order valence-corrected chi connectivity index (χ2v) is 0. The fourth-order valence-electron chi connectivity index (χ4n) is 0. The third kappa shape index (κ3) is 467. The molecule has 88 valence electrons. The molecule has 0 atom stereocenters. The topological polar surface area (TPSA) is 256 Å². The van der Waals surface area contributed by atoms with E-state index in [2.05, 4.69) is 0 Å². The molecule has 0 aromatic carbocycles. The molecule has 0 aromatic heterocycles. The van der Waals surface area contributed by atoms with Gasteiger partial charge in [-0.25, -0.2) is 0 Å². The standard InChI is InChI=1S/2Al.2Cr.2Fe.9O/q6*+3;9*-2. The predicted molar refractivity (Wildman–Crippen MR) is 17.7 cm³/mol. The van der Waals surface area contributed by atoms with Crippen molar-refractivity contribution in [3.05, 3.63) is 0 Å². The Hall–Kier alpha value is 2.81. The van der Waals surface area contributed by atoms with Gasteiger partial charge in [0, 0.05) is 0 Å². The molecule has 4 radical (unpaired) electrons. The molecule has 0 unspecified atom stereocenters. The van der Waals surface area contributed by atoms with Crippen LogP contribution in [0.4, 0.5) is 0 Å². The first-order chi connectivity index (χ1) is 0. The minimum Gasteiger partial charge on any atom is -2.00 e. The minimum atomic E-state index is 0. The molecule has 0 spiro atoms. The maximum absolute atomic E-state index is 0. The Morgan fingerprint density at radius 2 is 0.267 bits per heavy atom. The summed E-state index contributed by atoms with van der Waals surface area (Å²) in [5.41, 5.74) is 0. The quantitative estimate of drug-likeness (QED) is 0.396. The van der Waals surface area contributed by atoms with Crippen molar-refractivity contribution in [2.75, 3.05) is 0 Å². The molecule has 9 nitrogen and oxygen atoms in total. The van der Waals surface area contributed by atoms with Crippen molar-refractivity contribution in [3.8, 4) is 0 Å². The number of hydrogen-bond acceptors (Lipinski definition) is 0.